The Labute approximate surface area is 81.9 Å². The highest BCUT2D eigenvalue weighted by atomic mass is 15.6. The van der Waals surface area contributed by atoms with Gasteiger partial charge >= 0.3 is 0 Å². The first-order valence-corrected chi connectivity index (χ1v) is 4.81. The molecule has 1 rings (SSSR count). The molecular formula is C10H23N3. The van der Waals surface area contributed by atoms with Gasteiger partial charge in [-0.3, -0.25) is 0 Å². The van der Waals surface area contributed by atoms with Crippen LogP contribution in [0, 0.1) is 11.3 Å². The minimum Gasteiger partial charge on any atom is -0.310 e. The van der Waals surface area contributed by atoms with Gasteiger partial charge in [-0.2, -0.15) is 5.53 Å². The first kappa shape index (κ1) is 12.3. The lowest BCUT2D eigenvalue weighted by atomic mass is 9.93. The van der Waals surface area contributed by atoms with Crippen LogP contribution < -0.4 is 16.4 Å². The summed E-state index contributed by atoms with van der Waals surface area (Å²) in [6.07, 6.45) is 1.93. The smallest absolute Gasteiger partial charge is 0.0504 e. The number of hydrazine groups is 2. The van der Waals surface area contributed by atoms with Gasteiger partial charge in [0.1, 0.15) is 0 Å². The normalized spacial score (nSPS) is 15.5. The maximum atomic E-state index is 3.00. The summed E-state index contributed by atoms with van der Waals surface area (Å²) in [5, 5.41) is 0. The molecule has 3 nitrogen and oxygen atoms in total. The molecule has 13 heavy (non-hydrogen) atoms. The van der Waals surface area contributed by atoms with E-state index >= 15 is 0 Å². The molecule has 0 aromatic carbocycles. The molecule has 0 aromatic rings. The molecule has 0 spiro atoms. The van der Waals surface area contributed by atoms with Crippen molar-refractivity contribution in [2.45, 2.75) is 41.5 Å². The fraction of sp³-hybridized carbons (Fsp3) is 0.800. The lowest BCUT2D eigenvalue weighted by molar-refractivity contribution is 0.447. The molecule has 1 aliphatic heterocycles. The number of rotatable bonds is 0. The molecule has 0 unspecified atom stereocenters. The molecule has 0 saturated carbocycles. The predicted octanol–water partition coefficient (Wildman–Crippen LogP) is 2.15. The van der Waals surface area contributed by atoms with Crippen molar-refractivity contribution in [2.24, 2.45) is 11.3 Å². The fourth-order valence-electron chi connectivity index (χ4n) is 0.652. The molecule has 0 fully saturated rings. The summed E-state index contributed by atoms with van der Waals surface area (Å²) < 4.78 is 0. The monoisotopic (exact) mass is 185 g/mol. The molecule has 0 atom stereocenters. The molecule has 0 aromatic heterocycles. The highest BCUT2D eigenvalue weighted by molar-refractivity contribution is 5.08. The van der Waals surface area contributed by atoms with E-state index in [1.807, 2.05) is 6.20 Å². The van der Waals surface area contributed by atoms with E-state index < -0.39 is 0 Å². The van der Waals surface area contributed by atoms with Crippen LogP contribution in [-0.2, 0) is 0 Å². The largest absolute Gasteiger partial charge is 0.310 e. The first-order chi connectivity index (χ1) is 5.84. The summed E-state index contributed by atoms with van der Waals surface area (Å²) in [6, 6.07) is 0. The summed E-state index contributed by atoms with van der Waals surface area (Å²) in [7, 11) is 0. The fourth-order valence-corrected chi connectivity index (χ4v) is 0.652. The second-order valence-electron chi connectivity index (χ2n) is 4.93. The van der Waals surface area contributed by atoms with Crippen LogP contribution in [-0.4, -0.2) is 0 Å². The molecule has 0 bridgehead atoms. The predicted molar refractivity (Wildman–Crippen MR) is 57.5 cm³/mol. The van der Waals surface area contributed by atoms with Gasteiger partial charge in [0.2, 0.25) is 0 Å². The highest BCUT2D eigenvalue weighted by Gasteiger charge is 2.18. The summed E-state index contributed by atoms with van der Waals surface area (Å²) in [5.41, 5.74) is 10.0. The molecule has 1 heterocycles. The van der Waals surface area contributed by atoms with E-state index in [1.165, 1.54) is 5.70 Å². The van der Waals surface area contributed by atoms with E-state index in [4.69, 9.17) is 0 Å². The van der Waals surface area contributed by atoms with Crippen molar-refractivity contribution in [2.75, 3.05) is 0 Å². The van der Waals surface area contributed by atoms with Gasteiger partial charge in [0, 0.05) is 11.6 Å². The van der Waals surface area contributed by atoms with Crippen LogP contribution in [0.1, 0.15) is 41.5 Å². The van der Waals surface area contributed by atoms with Crippen molar-refractivity contribution in [1.29, 1.82) is 0 Å². The maximum Gasteiger partial charge on any atom is 0.0504 e. The van der Waals surface area contributed by atoms with Crippen LogP contribution in [0.15, 0.2) is 11.9 Å². The molecule has 0 saturated heterocycles. The van der Waals surface area contributed by atoms with Gasteiger partial charge in [-0.1, -0.05) is 41.5 Å². The standard InChI is InChI=1S/C6H13N3.C4H10/c1-6(2,3)5-4-7-9-8-5;1-4(2)3/h4,7-9H,1-3H3;4H,1-3H3. The Bertz CT molecular complexity index is 163. The van der Waals surface area contributed by atoms with Crippen molar-refractivity contribution in [3.63, 3.8) is 0 Å². The third-order valence-electron chi connectivity index (χ3n) is 1.29. The second kappa shape index (κ2) is 5.12. The summed E-state index contributed by atoms with van der Waals surface area (Å²) in [6.45, 7) is 13.0. The molecule has 0 aliphatic carbocycles. The number of allylic oxidation sites excluding steroid dienone is 1. The van der Waals surface area contributed by atoms with Crippen LogP contribution in [0.5, 0.6) is 0 Å². The average molecular weight is 185 g/mol. The third kappa shape index (κ3) is 6.46. The highest BCUT2D eigenvalue weighted by Crippen LogP contribution is 2.22. The van der Waals surface area contributed by atoms with Gasteiger partial charge in [0.25, 0.3) is 0 Å². The molecule has 1 aliphatic rings. The lowest BCUT2D eigenvalue weighted by Gasteiger charge is -2.18. The zero-order chi connectivity index (χ0) is 10.5. The van der Waals surface area contributed by atoms with Gasteiger partial charge in [0.15, 0.2) is 0 Å². The minimum absolute atomic E-state index is 0.205. The number of nitrogens with one attached hydrogen (secondary N) is 3. The van der Waals surface area contributed by atoms with Crippen molar-refractivity contribution < 1.29 is 0 Å². The van der Waals surface area contributed by atoms with Crippen molar-refractivity contribution in [1.82, 2.24) is 16.4 Å². The van der Waals surface area contributed by atoms with E-state index in [2.05, 4.69) is 57.9 Å². The molecule has 3 N–H and O–H groups in total. The SMILES string of the molecule is CC(C)(C)C1=CNNN1.CC(C)C. The van der Waals surface area contributed by atoms with Crippen LogP contribution in [0.25, 0.3) is 0 Å². The molecule has 78 valence electrons. The Balaban J connectivity index is 0.000000310. The van der Waals surface area contributed by atoms with Crippen molar-refractivity contribution in [3.8, 4) is 0 Å². The van der Waals surface area contributed by atoms with Crippen molar-refractivity contribution >= 4 is 0 Å². The van der Waals surface area contributed by atoms with E-state index in [9.17, 15) is 0 Å². The van der Waals surface area contributed by atoms with Gasteiger partial charge < -0.3 is 10.9 Å². The van der Waals surface area contributed by atoms with Gasteiger partial charge in [0.05, 0.1) is 5.70 Å². The number of hydrogen-bond donors (Lipinski definition) is 3. The van der Waals surface area contributed by atoms with E-state index in [0.717, 1.165) is 5.92 Å². The Morgan fingerprint density at radius 2 is 1.62 bits per heavy atom. The maximum absolute atomic E-state index is 3.00. The van der Waals surface area contributed by atoms with Crippen LogP contribution in [0.4, 0.5) is 0 Å². The van der Waals surface area contributed by atoms with Gasteiger partial charge in [-0.25, -0.2) is 0 Å². The Hall–Kier alpha value is -0.700. The first-order valence-electron chi connectivity index (χ1n) is 4.81. The van der Waals surface area contributed by atoms with Crippen molar-refractivity contribution in [3.05, 3.63) is 11.9 Å². The second-order valence-corrected chi connectivity index (χ2v) is 4.93. The average Bonchev–Trinajstić information content (AvgIpc) is 2.31. The topological polar surface area (TPSA) is 36.1 Å². The number of hydrogen-bond acceptors (Lipinski definition) is 3. The van der Waals surface area contributed by atoms with Crippen LogP contribution >= 0.6 is 0 Å². The van der Waals surface area contributed by atoms with Gasteiger partial charge in [-0.05, 0) is 5.92 Å². The Morgan fingerprint density at radius 3 is 1.77 bits per heavy atom. The summed E-state index contributed by atoms with van der Waals surface area (Å²) >= 11 is 0. The lowest BCUT2D eigenvalue weighted by Crippen LogP contribution is -2.34. The Kier molecular flexibility index (Phi) is 4.85. The zero-order valence-electron chi connectivity index (χ0n) is 9.65. The summed E-state index contributed by atoms with van der Waals surface area (Å²) in [4.78, 5) is 0. The quantitative estimate of drug-likeness (QED) is 0.541. The van der Waals surface area contributed by atoms with E-state index in [0.29, 0.717) is 0 Å². The van der Waals surface area contributed by atoms with Crippen LogP contribution in [0.2, 0.25) is 0 Å². The van der Waals surface area contributed by atoms with Gasteiger partial charge in [-0.15, -0.1) is 0 Å². The molecular weight excluding hydrogens is 162 g/mol. The van der Waals surface area contributed by atoms with Crippen LogP contribution in [0.3, 0.4) is 0 Å². The Morgan fingerprint density at radius 1 is 1.15 bits per heavy atom. The zero-order valence-corrected chi connectivity index (χ0v) is 9.65. The minimum atomic E-state index is 0.205. The molecule has 0 radical (unpaired) electrons. The van der Waals surface area contributed by atoms with E-state index in [1.54, 1.807) is 0 Å². The molecule has 3 heteroatoms. The molecule has 0 amide bonds. The summed E-state index contributed by atoms with van der Waals surface area (Å²) in [5.74, 6) is 0.833. The third-order valence-corrected chi connectivity index (χ3v) is 1.29. The van der Waals surface area contributed by atoms with E-state index in [-0.39, 0.29) is 5.41 Å².